The number of aromatic nitrogens is 2. The number of ether oxygens (including phenoxy) is 1. The van der Waals surface area contributed by atoms with E-state index in [1.165, 1.54) is 43.3 Å². The van der Waals surface area contributed by atoms with Crippen molar-refractivity contribution < 1.29 is 31.5 Å². The van der Waals surface area contributed by atoms with Crippen LogP contribution in [0, 0.1) is 6.92 Å². The van der Waals surface area contributed by atoms with E-state index >= 15 is 0 Å². The number of rotatable bonds is 8. The Bertz CT molecular complexity index is 864. The minimum absolute atomic E-state index is 0.00398. The standard InChI is InChI=1S/C18H17ClF5N3O2/c1-11-15(19)16(18(22,23)24)26-27(11)10-2-9-25-14(28)8-5-12-3-6-13(7-4-12)29-17(20)21/h3-8,17H,2,9-10H2,1H3,(H,25,28)/b8-5-. The van der Waals surface area contributed by atoms with Crippen LogP contribution in [0.15, 0.2) is 30.3 Å². The third kappa shape index (κ3) is 6.74. The molecule has 0 radical (unpaired) electrons. The van der Waals surface area contributed by atoms with Gasteiger partial charge >= 0.3 is 12.8 Å². The lowest BCUT2D eigenvalue weighted by atomic mass is 10.2. The zero-order valence-electron chi connectivity index (χ0n) is 15.1. The molecule has 0 bridgehead atoms. The minimum Gasteiger partial charge on any atom is -0.435 e. The lowest BCUT2D eigenvalue weighted by Gasteiger charge is -2.05. The first kappa shape index (κ1) is 22.7. The van der Waals surface area contributed by atoms with E-state index in [-0.39, 0.29) is 24.5 Å². The van der Waals surface area contributed by atoms with Gasteiger partial charge in [0.1, 0.15) is 5.75 Å². The minimum atomic E-state index is -4.63. The number of benzene rings is 1. The normalized spacial score (nSPS) is 12.0. The fourth-order valence-electron chi connectivity index (χ4n) is 2.35. The van der Waals surface area contributed by atoms with Crippen LogP contribution in [0.1, 0.15) is 23.4 Å². The van der Waals surface area contributed by atoms with Crippen LogP contribution >= 0.6 is 11.6 Å². The molecule has 2 aromatic rings. The van der Waals surface area contributed by atoms with Gasteiger partial charge in [0.2, 0.25) is 5.91 Å². The SMILES string of the molecule is Cc1c(Cl)c(C(F)(F)F)nn1CCCNC(=O)/C=C\c1ccc(OC(F)F)cc1. The molecular weight excluding hydrogens is 421 g/mol. The van der Waals surface area contributed by atoms with Crippen molar-refractivity contribution in [1.29, 1.82) is 0 Å². The summed E-state index contributed by atoms with van der Waals surface area (Å²) in [7, 11) is 0. The summed E-state index contributed by atoms with van der Waals surface area (Å²) in [5, 5.41) is 5.62. The van der Waals surface area contributed by atoms with Gasteiger partial charge in [-0.05, 0) is 37.1 Å². The van der Waals surface area contributed by atoms with Gasteiger partial charge in [-0.1, -0.05) is 23.7 Å². The van der Waals surface area contributed by atoms with E-state index in [0.29, 0.717) is 12.0 Å². The summed E-state index contributed by atoms with van der Waals surface area (Å²) in [6.45, 7) is -1.12. The van der Waals surface area contributed by atoms with Crippen LogP contribution in [-0.2, 0) is 17.5 Å². The van der Waals surface area contributed by atoms with Gasteiger partial charge in [-0.3, -0.25) is 9.48 Å². The van der Waals surface area contributed by atoms with E-state index < -0.39 is 29.4 Å². The maximum absolute atomic E-state index is 12.8. The number of hydrogen-bond acceptors (Lipinski definition) is 3. The van der Waals surface area contributed by atoms with E-state index in [9.17, 15) is 26.7 Å². The summed E-state index contributed by atoms with van der Waals surface area (Å²) in [4.78, 5) is 11.8. The van der Waals surface area contributed by atoms with E-state index in [4.69, 9.17) is 11.6 Å². The Morgan fingerprint density at radius 3 is 2.52 bits per heavy atom. The quantitative estimate of drug-likeness (QED) is 0.370. The maximum Gasteiger partial charge on any atom is 0.436 e. The molecule has 0 unspecified atom stereocenters. The molecule has 0 aliphatic rings. The van der Waals surface area contributed by atoms with Gasteiger partial charge in [0, 0.05) is 19.2 Å². The van der Waals surface area contributed by atoms with Crippen LogP contribution in [0.25, 0.3) is 6.08 Å². The molecule has 0 spiro atoms. The number of nitrogens with zero attached hydrogens (tertiary/aromatic N) is 2. The molecule has 158 valence electrons. The molecule has 29 heavy (non-hydrogen) atoms. The third-order valence-corrected chi connectivity index (χ3v) is 4.23. The van der Waals surface area contributed by atoms with Crippen molar-refractivity contribution in [2.45, 2.75) is 32.7 Å². The average Bonchev–Trinajstić information content (AvgIpc) is 2.93. The van der Waals surface area contributed by atoms with Gasteiger partial charge in [-0.2, -0.15) is 27.1 Å². The smallest absolute Gasteiger partial charge is 0.435 e. The maximum atomic E-state index is 12.8. The van der Waals surface area contributed by atoms with Crippen LogP contribution in [-0.4, -0.2) is 28.8 Å². The number of amides is 1. The van der Waals surface area contributed by atoms with Crippen LogP contribution in [0.3, 0.4) is 0 Å². The highest BCUT2D eigenvalue weighted by Crippen LogP contribution is 2.35. The molecule has 2 rings (SSSR count). The van der Waals surface area contributed by atoms with Crippen molar-refractivity contribution in [3.05, 3.63) is 52.3 Å². The molecule has 0 saturated heterocycles. The first-order chi connectivity index (χ1) is 13.6. The van der Waals surface area contributed by atoms with Crippen LogP contribution < -0.4 is 10.1 Å². The summed E-state index contributed by atoms with van der Waals surface area (Å²) in [6.07, 6.45) is -1.56. The average molecular weight is 438 g/mol. The van der Waals surface area contributed by atoms with Crippen molar-refractivity contribution >= 4 is 23.6 Å². The molecule has 5 nitrogen and oxygen atoms in total. The number of alkyl halides is 5. The Balaban J connectivity index is 1.79. The number of aryl methyl sites for hydroxylation is 1. The molecular formula is C18H17ClF5N3O2. The van der Waals surface area contributed by atoms with Gasteiger partial charge in [-0.25, -0.2) is 0 Å². The topological polar surface area (TPSA) is 56.2 Å². The van der Waals surface area contributed by atoms with Crippen molar-refractivity contribution in [3.63, 3.8) is 0 Å². The number of carbonyl (C=O) groups is 1. The second-order valence-corrected chi connectivity index (χ2v) is 6.27. The van der Waals surface area contributed by atoms with Gasteiger partial charge in [-0.15, -0.1) is 0 Å². The number of carbonyl (C=O) groups excluding carboxylic acids is 1. The van der Waals surface area contributed by atoms with Gasteiger partial charge in [0.15, 0.2) is 5.69 Å². The molecule has 1 aromatic carbocycles. The van der Waals surface area contributed by atoms with E-state index in [1.807, 2.05) is 0 Å². The highest BCUT2D eigenvalue weighted by atomic mass is 35.5. The Morgan fingerprint density at radius 2 is 1.97 bits per heavy atom. The highest BCUT2D eigenvalue weighted by molar-refractivity contribution is 6.31. The summed E-state index contributed by atoms with van der Waals surface area (Å²) in [5.74, 6) is -0.409. The number of hydrogen-bond donors (Lipinski definition) is 1. The largest absolute Gasteiger partial charge is 0.436 e. The van der Waals surface area contributed by atoms with E-state index in [1.54, 1.807) is 0 Å². The monoisotopic (exact) mass is 437 g/mol. The summed E-state index contributed by atoms with van der Waals surface area (Å²) >= 11 is 5.67. The zero-order chi connectivity index (χ0) is 21.6. The lowest BCUT2D eigenvalue weighted by molar-refractivity contribution is -0.141. The first-order valence-corrected chi connectivity index (χ1v) is 8.76. The second kappa shape index (κ2) is 9.73. The summed E-state index contributed by atoms with van der Waals surface area (Å²) < 4.78 is 67.8. The molecule has 1 heterocycles. The molecule has 0 aliphatic carbocycles. The third-order valence-electron chi connectivity index (χ3n) is 3.78. The van der Waals surface area contributed by atoms with Crippen LogP contribution in [0.2, 0.25) is 5.02 Å². The number of nitrogens with one attached hydrogen (secondary N) is 1. The fraction of sp³-hybridized carbons (Fsp3) is 0.333. The van der Waals surface area contributed by atoms with Crippen LogP contribution in [0.5, 0.6) is 5.75 Å². The summed E-state index contributed by atoms with van der Waals surface area (Å²) in [6, 6.07) is 5.70. The molecule has 0 atom stereocenters. The zero-order valence-corrected chi connectivity index (χ0v) is 15.9. The molecule has 1 amide bonds. The Labute approximate surface area is 168 Å². The Kier molecular flexibility index (Phi) is 7.60. The van der Waals surface area contributed by atoms with E-state index in [0.717, 1.165) is 4.68 Å². The Morgan fingerprint density at radius 1 is 1.31 bits per heavy atom. The second-order valence-electron chi connectivity index (χ2n) is 5.89. The van der Waals surface area contributed by atoms with Gasteiger partial charge in [0.05, 0.1) is 10.7 Å². The predicted octanol–water partition coefficient (Wildman–Crippen LogP) is 4.68. The van der Waals surface area contributed by atoms with Crippen molar-refractivity contribution in [2.75, 3.05) is 6.54 Å². The highest BCUT2D eigenvalue weighted by Gasteiger charge is 2.38. The lowest BCUT2D eigenvalue weighted by Crippen LogP contribution is -2.23. The van der Waals surface area contributed by atoms with Crippen molar-refractivity contribution in [3.8, 4) is 5.75 Å². The predicted molar refractivity (Wildman–Crippen MR) is 96.7 cm³/mol. The Hall–Kier alpha value is -2.62. The first-order valence-electron chi connectivity index (χ1n) is 8.39. The molecule has 11 heteroatoms. The fourth-order valence-corrected chi connectivity index (χ4v) is 2.60. The molecule has 1 N–H and O–H groups in total. The van der Waals surface area contributed by atoms with Crippen molar-refractivity contribution in [1.82, 2.24) is 15.1 Å². The molecule has 0 saturated carbocycles. The van der Waals surface area contributed by atoms with Gasteiger partial charge in [0.25, 0.3) is 0 Å². The van der Waals surface area contributed by atoms with Crippen LogP contribution in [0.4, 0.5) is 22.0 Å². The molecule has 0 fully saturated rings. The van der Waals surface area contributed by atoms with Crippen molar-refractivity contribution in [2.24, 2.45) is 0 Å². The summed E-state index contributed by atoms with van der Waals surface area (Å²) in [5.41, 5.74) is -0.332. The molecule has 0 aliphatic heterocycles. The molecule has 1 aromatic heterocycles. The number of halogens is 6. The van der Waals surface area contributed by atoms with Gasteiger partial charge < -0.3 is 10.1 Å². The van der Waals surface area contributed by atoms with E-state index in [2.05, 4.69) is 15.2 Å².